The molecule has 0 unspecified atom stereocenters. The van der Waals surface area contributed by atoms with Crippen molar-refractivity contribution >= 4 is 40.4 Å². The van der Waals surface area contributed by atoms with Gasteiger partial charge in [-0.1, -0.05) is 0 Å². The van der Waals surface area contributed by atoms with Crippen LogP contribution in [0.15, 0.2) is 0 Å². The van der Waals surface area contributed by atoms with E-state index in [1.807, 2.05) is 0 Å². The van der Waals surface area contributed by atoms with E-state index in [1.54, 1.807) is 0 Å². The summed E-state index contributed by atoms with van der Waals surface area (Å²) in [6.45, 7) is 0. The molecule has 0 aromatic carbocycles. The average Bonchev–Trinajstić information content (AvgIpc) is 0.918. The Bertz CT molecular complexity index is 30.6. The second-order valence-electron chi connectivity index (χ2n) is 0.0833. The van der Waals surface area contributed by atoms with Gasteiger partial charge in [-0.25, -0.2) is 0 Å². The summed E-state index contributed by atoms with van der Waals surface area (Å²) in [4.78, 5) is 0. The summed E-state index contributed by atoms with van der Waals surface area (Å²) in [5.41, 5.74) is 0. The van der Waals surface area contributed by atoms with Gasteiger partial charge in [0, 0.05) is 0 Å². The summed E-state index contributed by atoms with van der Waals surface area (Å²) >= 11 is -2.00. The molecule has 0 rings (SSSR count). The van der Waals surface area contributed by atoms with Gasteiger partial charge >= 0.3 is 48.8 Å². The molecule has 5 heavy (non-hydrogen) atoms. The van der Waals surface area contributed by atoms with Gasteiger partial charge in [-0.2, -0.15) is 0 Å². The van der Waals surface area contributed by atoms with Crippen LogP contribution in [0.1, 0.15) is 0 Å². The number of rotatable bonds is 0. The van der Waals surface area contributed by atoms with Gasteiger partial charge in [-0.15, -0.1) is 0 Å². The molecule has 0 aliphatic rings. The molecule has 0 aromatic rings. The molecule has 0 amide bonds. The van der Waals surface area contributed by atoms with Crippen LogP contribution in [0.4, 0.5) is 0 Å². The predicted molar refractivity (Wildman–Crippen MR) is 19.9 cm³/mol. The van der Waals surface area contributed by atoms with Gasteiger partial charge < -0.3 is 0 Å². The molecule has 0 fully saturated rings. The fourth-order valence-electron chi connectivity index (χ4n) is 0. The molecule has 0 N–H and O–H groups in total. The minimum absolute atomic E-state index is 0. The van der Waals surface area contributed by atoms with Crippen molar-refractivity contribution in [3.05, 3.63) is 0 Å². The standard InChI is InChI=1S/Al.Mg.2O.Ti.5H. The third-order valence-electron chi connectivity index (χ3n) is 0. The van der Waals surface area contributed by atoms with E-state index in [2.05, 4.69) is 0 Å². The van der Waals surface area contributed by atoms with Crippen LogP contribution in [0.5, 0.6) is 0 Å². The Kier molecular flexibility index (Phi) is 55.8. The zero-order chi connectivity index (χ0) is 2.71. The van der Waals surface area contributed by atoms with Gasteiger partial charge in [0.05, 0.1) is 0 Å². The van der Waals surface area contributed by atoms with Crippen molar-refractivity contribution in [1.82, 2.24) is 0 Å². The molecule has 0 aliphatic carbocycles. The first-order valence-electron chi connectivity index (χ1n) is 0.408. The third-order valence-corrected chi connectivity index (χ3v) is 0. The molecule has 0 saturated heterocycles. The Labute approximate surface area is 65.5 Å². The molecule has 5 heteroatoms. The van der Waals surface area contributed by atoms with E-state index in [9.17, 15) is 0 Å². The maximum atomic E-state index is 8.50. The SMILES string of the molecule is [AlH3].[MgH2].[O]=[Ti]=[O]. The van der Waals surface area contributed by atoms with Crippen LogP contribution in [-0.4, -0.2) is 40.4 Å². The second kappa shape index (κ2) is 17.5. The molecule has 0 radical (unpaired) electrons. The molecule has 0 atom stereocenters. The fraction of sp³-hybridized carbons (Fsp3) is 0. The van der Waals surface area contributed by atoms with Gasteiger partial charge in [-0.3, -0.25) is 0 Å². The van der Waals surface area contributed by atoms with Crippen molar-refractivity contribution in [1.29, 1.82) is 0 Å². The Balaban J connectivity index is -0.0000000200. The van der Waals surface area contributed by atoms with Crippen molar-refractivity contribution in [3.8, 4) is 0 Å². The molecular formula is H5AlMgO2Ti. The number of hydrogen-bond donors (Lipinski definition) is 0. The molecule has 0 bridgehead atoms. The zero-order valence-corrected chi connectivity index (χ0v) is 2.88. The summed E-state index contributed by atoms with van der Waals surface area (Å²) < 4.78 is 17.0. The molecule has 0 spiro atoms. The first-order valence-corrected chi connectivity index (χ1v) is 1.68. The van der Waals surface area contributed by atoms with Crippen LogP contribution in [-0.2, 0) is 25.7 Å². The molecular weight excluding hydrogens is 131 g/mol. The minimum atomic E-state index is -2.00. The summed E-state index contributed by atoms with van der Waals surface area (Å²) in [7, 11) is 0. The Hall–Kier alpha value is 1.61. The second-order valence-corrected chi connectivity index (χ2v) is 0.344. The van der Waals surface area contributed by atoms with Crippen LogP contribution in [0.3, 0.4) is 0 Å². The predicted octanol–water partition coefficient (Wildman–Crippen LogP) is -2.34. The molecule has 0 heterocycles. The Morgan fingerprint density at radius 1 is 1.20 bits per heavy atom. The van der Waals surface area contributed by atoms with Gasteiger partial charge in [0.1, 0.15) is 0 Å². The molecule has 0 aromatic heterocycles. The van der Waals surface area contributed by atoms with Crippen LogP contribution in [0.25, 0.3) is 0 Å². The Morgan fingerprint density at radius 2 is 1.20 bits per heavy atom. The topological polar surface area (TPSA) is 34.1 Å². The van der Waals surface area contributed by atoms with Crippen molar-refractivity contribution in [2.24, 2.45) is 0 Å². The summed E-state index contributed by atoms with van der Waals surface area (Å²) in [6, 6.07) is 0. The van der Waals surface area contributed by atoms with Crippen molar-refractivity contribution in [2.45, 2.75) is 0 Å². The fourth-order valence-corrected chi connectivity index (χ4v) is 0. The van der Waals surface area contributed by atoms with Gasteiger partial charge in [0.2, 0.25) is 0 Å². The van der Waals surface area contributed by atoms with Gasteiger partial charge in [-0.05, 0) is 0 Å². The van der Waals surface area contributed by atoms with E-state index in [4.69, 9.17) is 6.65 Å². The molecule has 0 aliphatic heterocycles. The van der Waals surface area contributed by atoms with Crippen LogP contribution < -0.4 is 0 Å². The molecule has 26 valence electrons. The maximum absolute atomic E-state index is 8.50. The first kappa shape index (κ1) is 16.0. The average molecular weight is 136 g/mol. The molecule has 2 nitrogen and oxygen atoms in total. The van der Waals surface area contributed by atoms with Crippen molar-refractivity contribution < 1.29 is 25.7 Å². The van der Waals surface area contributed by atoms with E-state index in [0.717, 1.165) is 0 Å². The summed E-state index contributed by atoms with van der Waals surface area (Å²) in [5.74, 6) is 0. The number of hydrogen-bond acceptors (Lipinski definition) is 2. The van der Waals surface area contributed by atoms with Gasteiger partial charge in [0.15, 0.2) is 17.4 Å². The van der Waals surface area contributed by atoms with Crippen molar-refractivity contribution in [3.63, 3.8) is 0 Å². The zero-order valence-electron chi connectivity index (χ0n) is 1.32. The quantitative estimate of drug-likeness (QED) is 0.350. The van der Waals surface area contributed by atoms with Gasteiger partial charge in [0.25, 0.3) is 0 Å². The third kappa shape index (κ3) is 28.2. The summed E-state index contributed by atoms with van der Waals surface area (Å²) in [5, 5.41) is 0. The first-order chi connectivity index (χ1) is 1.41. The van der Waals surface area contributed by atoms with E-state index < -0.39 is 19.1 Å². The van der Waals surface area contributed by atoms with E-state index >= 15 is 0 Å². The van der Waals surface area contributed by atoms with E-state index in [1.165, 1.54) is 0 Å². The monoisotopic (exact) mass is 136 g/mol. The van der Waals surface area contributed by atoms with E-state index in [-0.39, 0.29) is 40.4 Å². The normalized spacial score (nSPS) is 1.60. The van der Waals surface area contributed by atoms with Crippen molar-refractivity contribution in [2.75, 3.05) is 0 Å². The van der Waals surface area contributed by atoms with Crippen LogP contribution >= 0.6 is 0 Å². The molecule has 0 saturated carbocycles. The Morgan fingerprint density at radius 3 is 1.20 bits per heavy atom. The van der Waals surface area contributed by atoms with Crippen LogP contribution in [0.2, 0.25) is 0 Å². The summed E-state index contributed by atoms with van der Waals surface area (Å²) in [6.07, 6.45) is 0. The van der Waals surface area contributed by atoms with Crippen LogP contribution in [0, 0.1) is 0 Å². The van der Waals surface area contributed by atoms with E-state index in [0.29, 0.717) is 0 Å².